The number of thioether (sulfide) groups is 1. The highest BCUT2D eigenvalue weighted by Gasteiger charge is 2.16. The van der Waals surface area contributed by atoms with Gasteiger partial charge in [0.05, 0.1) is 0 Å². The molecular formula is C17H26N2S2. The smallest absolute Gasteiger partial charge is 0.107 e. The molecule has 0 aliphatic heterocycles. The highest BCUT2D eigenvalue weighted by molar-refractivity contribution is 7.99. The van der Waals surface area contributed by atoms with Crippen molar-refractivity contribution in [1.29, 1.82) is 0 Å². The molecule has 0 unspecified atom stereocenters. The Balaban J connectivity index is 2.17. The van der Waals surface area contributed by atoms with Crippen molar-refractivity contribution in [3.8, 4) is 0 Å². The number of thiocarbonyl (C=S) groups is 1. The van der Waals surface area contributed by atoms with E-state index in [9.17, 15) is 0 Å². The van der Waals surface area contributed by atoms with Crippen molar-refractivity contribution in [2.24, 2.45) is 5.73 Å². The first kappa shape index (κ1) is 16.6. The van der Waals surface area contributed by atoms with Crippen molar-refractivity contribution in [3.63, 3.8) is 0 Å². The number of nitrogens with two attached hydrogens (primary N) is 1. The Morgan fingerprint density at radius 2 is 1.90 bits per heavy atom. The van der Waals surface area contributed by atoms with Gasteiger partial charge in [0.25, 0.3) is 0 Å². The first-order valence-electron chi connectivity index (χ1n) is 8.04. The largest absolute Gasteiger partial charge is 0.389 e. The fourth-order valence-electron chi connectivity index (χ4n) is 3.00. The zero-order valence-corrected chi connectivity index (χ0v) is 14.5. The second kappa shape index (κ2) is 8.64. The maximum atomic E-state index is 5.98. The van der Waals surface area contributed by atoms with Crippen LogP contribution in [-0.4, -0.2) is 16.8 Å². The summed E-state index contributed by atoms with van der Waals surface area (Å²) < 4.78 is 0. The number of anilines is 1. The summed E-state index contributed by atoms with van der Waals surface area (Å²) in [6.07, 6.45) is 9.28. The lowest BCUT2D eigenvalue weighted by molar-refractivity contribution is 0.471. The van der Waals surface area contributed by atoms with Crippen LogP contribution in [0.25, 0.3) is 0 Å². The van der Waals surface area contributed by atoms with Gasteiger partial charge in [-0.25, -0.2) is 0 Å². The number of benzene rings is 1. The molecule has 3 N–H and O–H groups in total. The number of nitrogens with one attached hydrogen (secondary N) is 1. The molecule has 116 valence electrons. The second-order valence-corrected chi connectivity index (χ2v) is 7.41. The van der Waals surface area contributed by atoms with Gasteiger partial charge in [-0.15, -0.1) is 11.8 Å². The summed E-state index contributed by atoms with van der Waals surface area (Å²) in [5, 5.41) is 3.72. The lowest BCUT2D eigenvalue weighted by atomic mass is 9.96. The van der Waals surface area contributed by atoms with Gasteiger partial charge in [0.1, 0.15) is 4.99 Å². The molecule has 1 fully saturated rings. The third kappa shape index (κ3) is 4.89. The van der Waals surface area contributed by atoms with Crippen LogP contribution in [0.2, 0.25) is 0 Å². The second-order valence-electron chi connectivity index (χ2n) is 5.66. The highest BCUT2D eigenvalue weighted by Crippen LogP contribution is 2.30. The first-order valence-corrected chi connectivity index (χ1v) is 9.44. The molecule has 1 aromatic rings. The molecular weight excluding hydrogens is 296 g/mol. The summed E-state index contributed by atoms with van der Waals surface area (Å²) in [6.45, 7) is 2.16. The van der Waals surface area contributed by atoms with Gasteiger partial charge in [0.15, 0.2) is 0 Å². The maximum Gasteiger partial charge on any atom is 0.107 e. The third-order valence-corrected chi connectivity index (χ3v) is 5.18. The predicted molar refractivity (Wildman–Crippen MR) is 98.5 cm³/mol. The van der Waals surface area contributed by atoms with Crippen LogP contribution in [0.1, 0.15) is 57.4 Å². The van der Waals surface area contributed by atoms with Crippen molar-refractivity contribution in [2.45, 2.75) is 62.8 Å². The van der Waals surface area contributed by atoms with Crippen molar-refractivity contribution in [3.05, 3.63) is 23.8 Å². The van der Waals surface area contributed by atoms with E-state index in [4.69, 9.17) is 18.0 Å². The molecule has 0 bridgehead atoms. The molecule has 0 aromatic heterocycles. The summed E-state index contributed by atoms with van der Waals surface area (Å²) in [6, 6.07) is 6.89. The van der Waals surface area contributed by atoms with E-state index in [2.05, 4.69) is 30.4 Å². The Bertz CT molecular complexity index is 466. The van der Waals surface area contributed by atoms with E-state index in [1.54, 1.807) is 11.8 Å². The zero-order chi connectivity index (χ0) is 15.1. The van der Waals surface area contributed by atoms with Gasteiger partial charge >= 0.3 is 0 Å². The van der Waals surface area contributed by atoms with Crippen LogP contribution in [0, 0.1) is 0 Å². The lowest BCUT2D eigenvalue weighted by Gasteiger charge is -2.24. The van der Waals surface area contributed by atoms with E-state index >= 15 is 0 Å². The van der Waals surface area contributed by atoms with E-state index < -0.39 is 0 Å². The van der Waals surface area contributed by atoms with E-state index in [1.165, 1.54) is 49.8 Å². The fourth-order valence-corrected chi connectivity index (χ4v) is 4.14. The van der Waals surface area contributed by atoms with Gasteiger partial charge in [0, 0.05) is 22.2 Å². The SMILES string of the molecule is CCSc1cccc(NC2CCCCCCC2)c1C(N)=S. The molecule has 1 saturated carbocycles. The lowest BCUT2D eigenvalue weighted by Crippen LogP contribution is -2.23. The molecule has 2 rings (SSSR count). The summed E-state index contributed by atoms with van der Waals surface area (Å²) in [5.74, 6) is 1.03. The normalized spacial score (nSPS) is 17.0. The minimum atomic E-state index is 0.500. The van der Waals surface area contributed by atoms with E-state index in [1.807, 2.05) is 0 Å². The zero-order valence-electron chi connectivity index (χ0n) is 12.9. The molecule has 0 radical (unpaired) electrons. The van der Waals surface area contributed by atoms with Gasteiger partial charge < -0.3 is 11.1 Å². The average Bonchev–Trinajstić information content (AvgIpc) is 2.42. The molecule has 0 heterocycles. The fraction of sp³-hybridized carbons (Fsp3) is 0.588. The topological polar surface area (TPSA) is 38.0 Å². The molecule has 0 saturated heterocycles. The third-order valence-electron chi connectivity index (χ3n) is 4.04. The van der Waals surface area contributed by atoms with Crippen LogP contribution in [0.15, 0.2) is 23.1 Å². The Morgan fingerprint density at radius 3 is 2.52 bits per heavy atom. The van der Waals surface area contributed by atoms with Crippen LogP contribution in [0.4, 0.5) is 5.69 Å². The first-order chi connectivity index (χ1) is 10.2. The number of hydrogen-bond acceptors (Lipinski definition) is 3. The summed E-state index contributed by atoms with van der Waals surface area (Å²) in [4.78, 5) is 1.70. The van der Waals surface area contributed by atoms with Crippen LogP contribution in [0.5, 0.6) is 0 Å². The molecule has 4 heteroatoms. The quantitative estimate of drug-likeness (QED) is 0.594. The molecule has 1 aliphatic rings. The van der Waals surface area contributed by atoms with Crippen molar-refractivity contribution in [2.75, 3.05) is 11.1 Å². The number of hydrogen-bond donors (Lipinski definition) is 2. The van der Waals surface area contributed by atoms with Crippen LogP contribution < -0.4 is 11.1 Å². The molecule has 2 nitrogen and oxygen atoms in total. The summed E-state index contributed by atoms with van der Waals surface area (Å²) >= 11 is 7.10. The monoisotopic (exact) mass is 322 g/mol. The van der Waals surface area contributed by atoms with Gasteiger partial charge in [-0.1, -0.05) is 57.3 Å². The van der Waals surface area contributed by atoms with Gasteiger partial charge in [-0.2, -0.15) is 0 Å². The predicted octanol–water partition coefficient (Wildman–Crippen LogP) is 4.96. The molecule has 0 spiro atoms. The standard InChI is InChI=1S/C17H26N2S2/c1-2-21-15-12-8-11-14(16(15)17(18)20)19-13-9-6-4-3-5-7-10-13/h8,11-13,19H,2-7,9-10H2,1H3,(H2,18,20). The van der Waals surface area contributed by atoms with Crippen LogP contribution in [-0.2, 0) is 0 Å². The maximum absolute atomic E-state index is 5.98. The summed E-state index contributed by atoms with van der Waals surface area (Å²) in [5.41, 5.74) is 8.13. The van der Waals surface area contributed by atoms with Gasteiger partial charge in [-0.05, 0) is 30.7 Å². The molecule has 0 atom stereocenters. The van der Waals surface area contributed by atoms with Crippen molar-refractivity contribution >= 4 is 34.7 Å². The van der Waals surface area contributed by atoms with Crippen LogP contribution in [0.3, 0.4) is 0 Å². The molecule has 1 aromatic carbocycles. The highest BCUT2D eigenvalue weighted by atomic mass is 32.2. The van der Waals surface area contributed by atoms with Gasteiger partial charge in [-0.3, -0.25) is 0 Å². The van der Waals surface area contributed by atoms with Crippen molar-refractivity contribution in [1.82, 2.24) is 0 Å². The molecule has 1 aliphatic carbocycles. The minimum Gasteiger partial charge on any atom is -0.389 e. The number of rotatable bonds is 5. The molecule has 0 amide bonds. The van der Waals surface area contributed by atoms with Gasteiger partial charge in [0.2, 0.25) is 0 Å². The Kier molecular flexibility index (Phi) is 6.84. The summed E-state index contributed by atoms with van der Waals surface area (Å²) in [7, 11) is 0. The Labute approximate surface area is 138 Å². The minimum absolute atomic E-state index is 0.500. The van der Waals surface area contributed by atoms with Crippen molar-refractivity contribution < 1.29 is 0 Å². The van der Waals surface area contributed by atoms with E-state index in [0.717, 1.165) is 17.0 Å². The van der Waals surface area contributed by atoms with E-state index in [-0.39, 0.29) is 0 Å². The molecule has 21 heavy (non-hydrogen) atoms. The Morgan fingerprint density at radius 1 is 1.24 bits per heavy atom. The van der Waals surface area contributed by atoms with Crippen LogP contribution >= 0.6 is 24.0 Å². The Hall–Kier alpha value is -0.740. The van der Waals surface area contributed by atoms with E-state index in [0.29, 0.717) is 11.0 Å². The average molecular weight is 323 g/mol.